The number of thioether (sulfide) groups is 1. The lowest BCUT2D eigenvalue weighted by atomic mass is 9.84. The van der Waals surface area contributed by atoms with Crippen molar-refractivity contribution in [2.24, 2.45) is 0 Å². The fourth-order valence-electron chi connectivity index (χ4n) is 5.37. The van der Waals surface area contributed by atoms with Gasteiger partial charge in [0.05, 0.1) is 4.75 Å². The van der Waals surface area contributed by atoms with Crippen LogP contribution in [0.5, 0.6) is 23.0 Å². The summed E-state index contributed by atoms with van der Waals surface area (Å²) in [7, 11) is 0. The Bertz CT molecular complexity index is 1770. The lowest BCUT2D eigenvalue weighted by Gasteiger charge is -2.36. The number of carbonyl (C=O) groups is 2. The predicted molar refractivity (Wildman–Crippen MR) is 189 cm³/mol. The summed E-state index contributed by atoms with van der Waals surface area (Å²) in [6.45, 7) is 0.226. The topological polar surface area (TPSA) is 139 Å². The SMILES string of the molecule is O=C(C=Cc1ccc(O)c(O)c1)N[C@@H](CSC(c1ccccc1)(c1ccccc1)c1ccccc1)C(=O)NCCc1ccc(O)c(O)c1. The molecule has 0 aromatic heterocycles. The Morgan fingerprint density at radius 1 is 0.667 bits per heavy atom. The summed E-state index contributed by atoms with van der Waals surface area (Å²) in [5.41, 5.74) is 4.24. The Morgan fingerprint density at radius 3 is 1.71 bits per heavy atom. The summed E-state index contributed by atoms with van der Waals surface area (Å²) < 4.78 is -0.726. The van der Waals surface area contributed by atoms with Crippen LogP contribution in [-0.2, 0) is 20.8 Å². The zero-order valence-corrected chi connectivity index (χ0v) is 26.8. The second-order valence-corrected chi connectivity index (χ2v) is 12.3. The molecule has 6 N–H and O–H groups in total. The van der Waals surface area contributed by atoms with Gasteiger partial charge in [0.2, 0.25) is 11.8 Å². The van der Waals surface area contributed by atoms with Crippen LogP contribution in [0.15, 0.2) is 133 Å². The molecule has 0 aliphatic rings. The molecule has 1 atom stereocenters. The summed E-state index contributed by atoms with van der Waals surface area (Å²) in [6.07, 6.45) is 3.14. The van der Waals surface area contributed by atoms with Gasteiger partial charge in [0, 0.05) is 18.4 Å². The molecule has 0 fully saturated rings. The maximum atomic E-state index is 13.8. The zero-order valence-electron chi connectivity index (χ0n) is 26.0. The van der Waals surface area contributed by atoms with Gasteiger partial charge in [-0.25, -0.2) is 0 Å². The van der Waals surface area contributed by atoms with Crippen molar-refractivity contribution in [3.63, 3.8) is 0 Å². The van der Waals surface area contributed by atoms with Gasteiger partial charge in [0.15, 0.2) is 23.0 Å². The minimum Gasteiger partial charge on any atom is -0.504 e. The van der Waals surface area contributed by atoms with Gasteiger partial charge in [-0.2, -0.15) is 0 Å². The highest BCUT2D eigenvalue weighted by Crippen LogP contribution is 2.48. The number of benzene rings is 5. The van der Waals surface area contributed by atoms with Crippen molar-refractivity contribution in [3.05, 3.63) is 161 Å². The van der Waals surface area contributed by atoms with Crippen molar-refractivity contribution < 1.29 is 30.0 Å². The van der Waals surface area contributed by atoms with Gasteiger partial charge in [-0.3, -0.25) is 9.59 Å². The molecule has 5 aromatic carbocycles. The van der Waals surface area contributed by atoms with E-state index in [1.807, 2.05) is 54.6 Å². The zero-order chi connectivity index (χ0) is 33.9. The molecular formula is C39H36N2O6S. The van der Waals surface area contributed by atoms with Crippen molar-refractivity contribution in [1.82, 2.24) is 10.6 Å². The lowest BCUT2D eigenvalue weighted by Crippen LogP contribution is -2.49. The second kappa shape index (κ2) is 15.8. The van der Waals surface area contributed by atoms with Crippen molar-refractivity contribution in [3.8, 4) is 23.0 Å². The number of carbonyl (C=O) groups excluding carboxylic acids is 2. The first kappa shape index (κ1) is 33.7. The van der Waals surface area contributed by atoms with E-state index in [9.17, 15) is 30.0 Å². The first-order valence-electron chi connectivity index (χ1n) is 15.4. The fraction of sp³-hybridized carbons (Fsp3) is 0.128. The van der Waals surface area contributed by atoms with Crippen molar-refractivity contribution in [2.75, 3.05) is 12.3 Å². The fourth-order valence-corrected chi connectivity index (χ4v) is 6.93. The van der Waals surface area contributed by atoms with Crippen LogP contribution in [0.25, 0.3) is 6.08 Å². The highest BCUT2D eigenvalue weighted by Gasteiger charge is 2.38. The minimum absolute atomic E-state index is 0.199. The monoisotopic (exact) mass is 660 g/mol. The Morgan fingerprint density at radius 2 is 1.19 bits per heavy atom. The number of aromatic hydroxyl groups is 4. The van der Waals surface area contributed by atoms with E-state index in [1.54, 1.807) is 12.1 Å². The Balaban J connectivity index is 1.44. The number of hydrogen-bond donors (Lipinski definition) is 6. The van der Waals surface area contributed by atoms with Crippen LogP contribution >= 0.6 is 11.8 Å². The van der Waals surface area contributed by atoms with E-state index < -0.39 is 22.6 Å². The van der Waals surface area contributed by atoms with E-state index >= 15 is 0 Å². The number of phenolic OH excluding ortho intramolecular Hbond substituents is 4. The van der Waals surface area contributed by atoms with Crippen LogP contribution < -0.4 is 10.6 Å². The summed E-state index contributed by atoms with van der Waals surface area (Å²) >= 11 is 1.54. The summed E-state index contributed by atoms with van der Waals surface area (Å²) in [5, 5.41) is 44.7. The lowest BCUT2D eigenvalue weighted by molar-refractivity contribution is -0.126. The maximum absolute atomic E-state index is 13.8. The van der Waals surface area contributed by atoms with Gasteiger partial charge in [-0.1, -0.05) is 103 Å². The van der Waals surface area contributed by atoms with Crippen LogP contribution in [0.4, 0.5) is 0 Å². The molecule has 2 amide bonds. The van der Waals surface area contributed by atoms with E-state index in [0.29, 0.717) is 12.0 Å². The number of nitrogens with one attached hydrogen (secondary N) is 2. The molecule has 0 saturated carbocycles. The predicted octanol–water partition coefficient (Wildman–Crippen LogP) is 6.09. The molecule has 0 unspecified atom stereocenters. The third-order valence-electron chi connectivity index (χ3n) is 7.82. The summed E-state index contributed by atoms with van der Waals surface area (Å²) in [4.78, 5) is 27.0. The molecule has 48 heavy (non-hydrogen) atoms. The molecule has 0 radical (unpaired) electrons. The van der Waals surface area contributed by atoms with Crippen LogP contribution in [0, 0.1) is 0 Å². The summed E-state index contributed by atoms with van der Waals surface area (Å²) in [6, 6.07) is 37.9. The average molecular weight is 661 g/mol. The van der Waals surface area contributed by atoms with Crippen LogP contribution in [-0.4, -0.2) is 50.6 Å². The van der Waals surface area contributed by atoms with Crippen LogP contribution in [0.1, 0.15) is 27.8 Å². The molecule has 0 saturated heterocycles. The number of hydrogen-bond acceptors (Lipinski definition) is 7. The summed E-state index contributed by atoms with van der Waals surface area (Å²) in [5.74, 6) is -1.76. The third kappa shape index (κ3) is 8.18. The largest absolute Gasteiger partial charge is 0.504 e. The van der Waals surface area contributed by atoms with Crippen LogP contribution in [0.3, 0.4) is 0 Å². The molecule has 0 aliphatic carbocycles. The Labute approximate surface area is 283 Å². The quantitative estimate of drug-likeness (QED) is 0.0511. The molecule has 5 rings (SSSR count). The van der Waals surface area contributed by atoms with Gasteiger partial charge >= 0.3 is 0 Å². The van der Waals surface area contributed by atoms with E-state index in [2.05, 4.69) is 47.0 Å². The maximum Gasteiger partial charge on any atom is 0.244 e. The van der Waals surface area contributed by atoms with Crippen molar-refractivity contribution in [2.45, 2.75) is 17.2 Å². The number of rotatable bonds is 13. The highest BCUT2D eigenvalue weighted by atomic mass is 32.2. The van der Waals surface area contributed by atoms with Gasteiger partial charge in [0.25, 0.3) is 0 Å². The molecule has 8 nitrogen and oxygen atoms in total. The van der Waals surface area contributed by atoms with Gasteiger partial charge in [-0.05, 0) is 64.6 Å². The molecule has 0 bridgehead atoms. The normalized spacial score (nSPS) is 12.0. The molecule has 0 aliphatic heterocycles. The van der Waals surface area contributed by atoms with E-state index in [1.165, 1.54) is 48.2 Å². The Hall–Kier alpha value is -5.67. The second-order valence-electron chi connectivity index (χ2n) is 11.1. The minimum atomic E-state index is -0.955. The van der Waals surface area contributed by atoms with E-state index in [4.69, 9.17) is 0 Å². The molecule has 0 spiro atoms. The van der Waals surface area contributed by atoms with Gasteiger partial charge in [0.1, 0.15) is 6.04 Å². The van der Waals surface area contributed by atoms with E-state index in [0.717, 1.165) is 22.3 Å². The third-order valence-corrected chi connectivity index (χ3v) is 9.46. The van der Waals surface area contributed by atoms with Gasteiger partial charge < -0.3 is 31.1 Å². The van der Waals surface area contributed by atoms with Gasteiger partial charge in [-0.15, -0.1) is 11.8 Å². The smallest absolute Gasteiger partial charge is 0.244 e. The van der Waals surface area contributed by atoms with E-state index in [-0.39, 0.29) is 35.3 Å². The molecule has 0 heterocycles. The first-order valence-corrected chi connectivity index (χ1v) is 16.3. The highest BCUT2D eigenvalue weighted by molar-refractivity contribution is 8.00. The van der Waals surface area contributed by atoms with Crippen LogP contribution in [0.2, 0.25) is 0 Å². The van der Waals surface area contributed by atoms with Crippen molar-refractivity contribution in [1.29, 1.82) is 0 Å². The molecule has 5 aromatic rings. The van der Waals surface area contributed by atoms with Crippen molar-refractivity contribution >= 4 is 29.7 Å². The molecule has 9 heteroatoms. The molecular weight excluding hydrogens is 625 g/mol. The first-order chi connectivity index (χ1) is 23.3. The number of phenols is 4. The standard InChI is InChI=1S/C39H36N2O6S/c42-33-19-16-27(24-35(33)44)18-21-37(46)41-32(38(47)40-23-22-28-17-20-34(43)36(45)25-28)26-48-39(29-10-4-1-5-11-29,30-12-6-2-7-13-30)31-14-8-3-9-15-31/h1-21,24-25,32,42-45H,22-23,26H2,(H,40,47)(H,41,46)/t32-/m0/s1. The number of amides is 2. The average Bonchev–Trinajstić information content (AvgIpc) is 3.11. The Kier molecular flexibility index (Phi) is 11.1. The molecule has 244 valence electrons.